The molecule has 1 saturated heterocycles. The van der Waals surface area contributed by atoms with E-state index in [0.29, 0.717) is 16.7 Å². The van der Waals surface area contributed by atoms with E-state index >= 15 is 0 Å². The second-order valence-corrected chi connectivity index (χ2v) is 5.17. The van der Waals surface area contributed by atoms with Crippen LogP contribution in [0.2, 0.25) is 10.0 Å². The van der Waals surface area contributed by atoms with Crippen LogP contribution in [0.25, 0.3) is 0 Å². The van der Waals surface area contributed by atoms with E-state index in [2.05, 4.69) is 4.90 Å². The van der Waals surface area contributed by atoms with Crippen molar-refractivity contribution in [3.05, 3.63) is 28.2 Å². The molecule has 0 unspecified atom stereocenters. The fraction of sp³-hybridized carbons (Fsp3) is 0.538. The molecule has 0 N–H and O–H groups in total. The van der Waals surface area contributed by atoms with Crippen LogP contribution in [0.15, 0.2) is 18.2 Å². The summed E-state index contributed by atoms with van der Waals surface area (Å²) in [6.07, 6.45) is 3.71. The smallest absolute Gasteiger partial charge is 0.137 e. The number of benzene rings is 1. The molecule has 1 fully saturated rings. The molecule has 0 saturated carbocycles. The normalized spacial score (nSPS) is 16.4. The topological polar surface area (TPSA) is 12.5 Å². The molecule has 4 heteroatoms. The molecule has 0 amide bonds. The molecule has 0 atom stereocenters. The molecule has 17 heavy (non-hydrogen) atoms. The average molecular weight is 274 g/mol. The summed E-state index contributed by atoms with van der Waals surface area (Å²) < 4.78 is 5.63. The van der Waals surface area contributed by atoms with Gasteiger partial charge in [-0.2, -0.15) is 0 Å². The highest BCUT2D eigenvalue weighted by atomic mass is 35.5. The second-order valence-electron chi connectivity index (χ2n) is 4.33. The third-order valence-electron chi connectivity index (χ3n) is 2.97. The average Bonchev–Trinajstić information content (AvgIpc) is 2.79. The molecular formula is C13H17Cl2NO. The van der Waals surface area contributed by atoms with Gasteiger partial charge < -0.3 is 9.64 Å². The number of halogens is 2. The Morgan fingerprint density at radius 3 is 2.65 bits per heavy atom. The molecule has 0 spiro atoms. The lowest BCUT2D eigenvalue weighted by atomic mass is 10.3. The standard InChI is InChI=1S/C13H17Cl2NO/c14-11-4-5-13(12(15)10-11)17-9-3-8-16-6-1-2-7-16/h4-5,10H,1-3,6-9H2. The van der Waals surface area contributed by atoms with Crippen molar-refractivity contribution in [3.63, 3.8) is 0 Å². The number of ether oxygens (including phenoxy) is 1. The van der Waals surface area contributed by atoms with Crippen molar-refractivity contribution in [2.24, 2.45) is 0 Å². The summed E-state index contributed by atoms with van der Waals surface area (Å²) >= 11 is 11.8. The van der Waals surface area contributed by atoms with Crippen LogP contribution in [0, 0.1) is 0 Å². The Bertz CT molecular complexity index is 364. The summed E-state index contributed by atoms with van der Waals surface area (Å²) in [7, 11) is 0. The minimum Gasteiger partial charge on any atom is -0.492 e. The highest BCUT2D eigenvalue weighted by Gasteiger charge is 2.10. The number of rotatable bonds is 5. The maximum atomic E-state index is 6.02. The lowest BCUT2D eigenvalue weighted by molar-refractivity contribution is 0.263. The number of hydrogen-bond donors (Lipinski definition) is 0. The van der Waals surface area contributed by atoms with Crippen LogP contribution in [0.3, 0.4) is 0 Å². The summed E-state index contributed by atoms with van der Waals surface area (Å²) in [6, 6.07) is 5.32. The molecule has 1 aromatic carbocycles. The van der Waals surface area contributed by atoms with Crippen LogP contribution in [-0.4, -0.2) is 31.1 Å². The maximum Gasteiger partial charge on any atom is 0.137 e. The van der Waals surface area contributed by atoms with Gasteiger partial charge in [0.15, 0.2) is 0 Å². The van der Waals surface area contributed by atoms with Gasteiger partial charge in [0, 0.05) is 11.6 Å². The van der Waals surface area contributed by atoms with Gasteiger partial charge in [-0.25, -0.2) is 0 Å². The Morgan fingerprint density at radius 1 is 1.18 bits per heavy atom. The largest absolute Gasteiger partial charge is 0.492 e. The third kappa shape index (κ3) is 4.06. The monoisotopic (exact) mass is 273 g/mol. The van der Waals surface area contributed by atoms with Crippen LogP contribution in [-0.2, 0) is 0 Å². The second kappa shape index (κ2) is 6.48. The molecule has 0 aliphatic carbocycles. The summed E-state index contributed by atoms with van der Waals surface area (Å²) in [4.78, 5) is 2.48. The van der Waals surface area contributed by atoms with E-state index in [-0.39, 0.29) is 0 Å². The van der Waals surface area contributed by atoms with E-state index in [4.69, 9.17) is 27.9 Å². The van der Waals surface area contributed by atoms with Crippen molar-refractivity contribution in [3.8, 4) is 5.75 Å². The Labute approximate surface area is 112 Å². The van der Waals surface area contributed by atoms with Gasteiger partial charge >= 0.3 is 0 Å². The van der Waals surface area contributed by atoms with Gasteiger partial charge in [-0.1, -0.05) is 23.2 Å². The van der Waals surface area contributed by atoms with Crippen LogP contribution >= 0.6 is 23.2 Å². The first-order chi connectivity index (χ1) is 8.25. The minimum absolute atomic E-state index is 0.582. The fourth-order valence-electron chi connectivity index (χ4n) is 2.07. The highest BCUT2D eigenvalue weighted by Crippen LogP contribution is 2.27. The SMILES string of the molecule is Clc1ccc(OCCCN2CCCC2)c(Cl)c1. The van der Waals surface area contributed by atoms with Crippen molar-refractivity contribution >= 4 is 23.2 Å². The van der Waals surface area contributed by atoms with E-state index in [1.165, 1.54) is 25.9 Å². The lowest BCUT2D eigenvalue weighted by Gasteiger charge is -2.14. The van der Waals surface area contributed by atoms with Gasteiger partial charge in [-0.15, -0.1) is 0 Å². The van der Waals surface area contributed by atoms with Crippen LogP contribution in [0.1, 0.15) is 19.3 Å². The summed E-state index contributed by atoms with van der Waals surface area (Å²) in [5.41, 5.74) is 0. The predicted molar refractivity (Wildman–Crippen MR) is 72.2 cm³/mol. The van der Waals surface area contributed by atoms with Crippen molar-refractivity contribution in [2.75, 3.05) is 26.2 Å². The number of likely N-dealkylation sites (tertiary alicyclic amines) is 1. The summed E-state index contributed by atoms with van der Waals surface area (Å²) in [5.74, 6) is 0.720. The zero-order valence-corrected chi connectivity index (χ0v) is 11.3. The van der Waals surface area contributed by atoms with E-state index < -0.39 is 0 Å². The van der Waals surface area contributed by atoms with Gasteiger partial charge in [-0.05, 0) is 50.6 Å². The van der Waals surface area contributed by atoms with E-state index in [1.54, 1.807) is 12.1 Å². The number of hydrogen-bond acceptors (Lipinski definition) is 2. The van der Waals surface area contributed by atoms with E-state index in [9.17, 15) is 0 Å². The Balaban J connectivity index is 1.70. The molecule has 0 radical (unpaired) electrons. The first kappa shape index (κ1) is 13.0. The Morgan fingerprint density at radius 2 is 1.94 bits per heavy atom. The molecule has 0 bridgehead atoms. The zero-order chi connectivity index (χ0) is 12.1. The van der Waals surface area contributed by atoms with E-state index in [1.807, 2.05) is 6.07 Å². The predicted octanol–water partition coefficient (Wildman–Crippen LogP) is 3.86. The minimum atomic E-state index is 0.582. The Hall–Kier alpha value is -0.440. The van der Waals surface area contributed by atoms with Crippen LogP contribution < -0.4 is 4.74 Å². The molecule has 1 aliphatic rings. The number of nitrogens with zero attached hydrogens (tertiary/aromatic N) is 1. The van der Waals surface area contributed by atoms with Gasteiger partial charge in [0.1, 0.15) is 5.75 Å². The molecule has 1 aromatic rings. The first-order valence-electron chi connectivity index (χ1n) is 6.06. The van der Waals surface area contributed by atoms with Crippen molar-refractivity contribution in [1.82, 2.24) is 4.90 Å². The van der Waals surface area contributed by atoms with E-state index in [0.717, 1.165) is 18.7 Å². The fourth-order valence-corrected chi connectivity index (χ4v) is 2.53. The van der Waals surface area contributed by atoms with Gasteiger partial charge in [-0.3, -0.25) is 0 Å². The van der Waals surface area contributed by atoms with Crippen molar-refractivity contribution in [1.29, 1.82) is 0 Å². The highest BCUT2D eigenvalue weighted by molar-refractivity contribution is 6.35. The third-order valence-corrected chi connectivity index (χ3v) is 3.50. The van der Waals surface area contributed by atoms with Crippen LogP contribution in [0.5, 0.6) is 5.75 Å². The molecule has 2 rings (SSSR count). The molecule has 0 aromatic heterocycles. The summed E-state index contributed by atoms with van der Waals surface area (Å²) in [5, 5.41) is 1.22. The lowest BCUT2D eigenvalue weighted by Crippen LogP contribution is -2.21. The molecular weight excluding hydrogens is 257 g/mol. The summed E-state index contributed by atoms with van der Waals surface area (Å²) in [6.45, 7) is 4.30. The molecule has 1 heterocycles. The van der Waals surface area contributed by atoms with Gasteiger partial charge in [0.25, 0.3) is 0 Å². The van der Waals surface area contributed by atoms with Crippen molar-refractivity contribution in [2.45, 2.75) is 19.3 Å². The quantitative estimate of drug-likeness (QED) is 0.756. The Kier molecular flexibility index (Phi) is 4.96. The van der Waals surface area contributed by atoms with Crippen molar-refractivity contribution < 1.29 is 4.74 Å². The zero-order valence-electron chi connectivity index (χ0n) is 9.79. The molecule has 94 valence electrons. The maximum absolute atomic E-state index is 6.02. The van der Waals surface area contributed by atoms with Crippen LogP contribution in [0.4, 0.5) is 0 Å². The first-order valence-corrected chi connectivity index (χ1v) is 6.81. The van der Waals surface area contributed by atoms with Gasteiger partial charge in [0.05, 0.1) is 11.6 Å². The molecule has 2 nitrogen and oxygen atoms in total. The van der Waals surface area contributed by atoms with Gasteiger partial charge in [0.2, 0.25) is 0 Å². The molecule has 1 aliphatic heterocycles.